The van der Waals surface area contributed by atoms with Gasteiger partial charge in [-0.15, -0.1) is 0 Å². The van der Waals surface area contributed by atoms with E-state index < -0.39 is 5.97 Å². The van der Waals surface area contributed by atoms with Gasteiger partial charge in [-0.3, -0.25) is 9.59 Å². The number of fused-ring (bicyclic) bond motifs is 1. The first-order valence-corrected chi connectivity index (χ1v) is 6.31. The number of amides is 1. The lowest BCUT2D eigenvalue weighted by molar-refractivity contribution is -0.137. The smallest absolute Gasteiger partial charge is 0.303 e. The van der Waals surface area contributed by atoms with Crippen LogP contribution >= 0.6 is 0 Å². The van der Waals surface area contributed by atoms with E-state index in [4.69, 9.17) is 5.11 Å². The standard InChI is InChI=1S/C14H18N2O3/c1-9(5-14(18)19)8-16(2)11-3-4-12-10(6-11)7-13(17)15-12/h3-4,6,9H,5,7-8H2,1-2H3,(H,15,17)(H,18,19). The van der Waals surface area contributed by atoms with E-state index >= 15 is 0 Å². The molecular formula is C14H18N2O3. The lowest BCUT2D eigenvalue weighted by Gasteiger charge is -2.23. The summed E-state index contributed by atoms with van der Waals surface area (Å²) in [5.74, 6) is -0.672. The second-order valence-electron chi connectivity index (χ2n) is 5.15. The van der Waals surface area contributed by atoms with Crippen LogP contribution in [0.15, 0.2) is 18.2 Å². The largest absolute Gasteiger partial charge is 0.481 e. The highest BCUT2D eigenvalue weighted by Gasteiger charge is 2.18. The number of benzene rings is 1. The Morgan fingerprint density at radius 1 is 1.53 bits per heavy atom. The number of carboxylic acid groups (broad SMARTS) is 1. The summed E-state index contributed by atoms with van der Waals surface area (Å²) in [6.45, 7) is 2.59. The predicted octanol–water partition coefficient (Wildman–Crippen LogP) is 1.73. The summed E-state index contributed by atoms with van der Waals surface area (Å²) in [5.41, 5.74) is 2.88. The molecule has 19 heavy (non-hydrogen) atoms. The van der Waals surface area contributed by atoms with Crippen LogP contribution in [0.4, 0.5) is 11.4 Å². The Hall–Kier alpha value is -2.04. The maximum Gasteiger partial charge on any atom is 0.303 e. The van der Waals surface area contributed by atoms with Crippen LogP contribution in [0.3, 0.4) is 0 Å². The van der Waals surface area contributed by atoms with Crippen LogP contribution in [-0.2, 0) is 16.0 Å². The van der Waals surface area contributed by atoms with E-state index in [0.29, 0.717) is 13.0 Å². The monoisotopic (exact) mass is 262 g/mol. The third-order valence-electron chi connectivity index (χ3n) is 3.26. The molecule has 1 aliphatic heterocycles. The molecule has 5 nitrogen and oxygen atoms in total. The number of carbonyl (C=O) groups excluding carboxylic acids is 1. The third-order valence-corrected chi connectivity index (χ3v) is 3.26. The molecule has 102 valence electrons. The molecule has 0 spiro atoms. The van der Waals surface area contributed by atoms with Crippen molar-refractivity contribution in [3.8, 4) is 0 Å². The van der Waals surface area contributed by atoms with Crippen molar-refractivity contribution >= 4 is 23.3 Å². The predicted molar refractivity (Wildman–Crippen MR) is 73.5 cm³/mol. The fourth-order valence-corrected chi connectivity index (χ4v) is 2.39. The fraction of sp³-hybridized carbons (Fsp3) is 0.429. The van der Waals surface area contributed by atoms with Crippen molar-refractivity contribution in [3.05, 3.63) is 23.8 Å². The second kappa shape index (κ2) is 5.30. The molecule has 1 aromatic carbocycles. The number of hydrogen-bond donors (Lipinski definition) is 2. The molecule has 1 heterocycles. The summed E-state index contributed by atoms with van der Waals surface area (Å²) in [5, 5.41) is 11.6. The zero-order valence-electron chi connectivity index (χ0n) is 11.1. The van der Waals surface area contributed by atoms with Gasteiger partial charge in [-0.05, 0) is 29.7 Å². The molecule has 5 heteroatoms. The van der Waals surface area contributed by atoms with Crippen LogP contribution in [0.25, 0.3) is 0 Å². The maximum atomic E-state index is 11.3. The third kappa shape index (κ3) is 3.24. The molecule has 1 aromatic rings. The molecule has 1 atom stereocenters. The van der Waals surface area contributed by atoms with E-state index in [1.807, 2.05) is 37.1 Å². The average Bonchev–Trinajstić information content (AvgIpc) is 2.66. The number of nitrogens with zero attached hydrogens (tertiary/aromatic N) is 1. The molecule has 0 saturated carbocycles. The second-order valence-corrected chi connectivity index (χ2v) is 5.15. The first-order valence-electron chi connectivity index (χ1n) is 6.31. The van der Waals surface area contributed by atoms with Gasteiger partial charge in [0, 0.05) is 31.4 Å². The van der Waals surface area contributed by atoms with Crippen LogP contribution in [0.5, 0.6) is 0 Å². The van der Waals surface area contributed by atoms with Gasteiger partial charge in [0.1, 0.15) is 0 Å². The minimum absolute atomic E-state index is 0.0223. The van der Waals surface area contributed by atoms with Crippen LogP contribution in [0, 0.1) is 5.92 Å². The minimum Gasteiger partial charge on any atom is -0.481 e. The highest BCUT2D eigenvalue weighted by Crippen LogP contribution is 2.27. The lowest BCUT2D eigenvalue weighted by Crippen LogP contribution is -2.25. The summed E-state index contributed by atoms with van der Waals surface area (Å²) in [6.07, 6.45) is 0.580. The number of carbonyl (C=O) groups is 2. The first-order chi connectivity index (χ1) is 8.95. The van der Waals surface area contributed by atoms with E-state index in [2.05, 4.69) is 5.32 Å². The van der Waals surface area contributed by atoms with Gasteiger partial charge < -0.3 is 15.3 Å². The van der Waals surface area contributed by atoms with Crippen molar-refractivity contribution in [2.45, 2.75) is 19.8 Å². The summed E-state index contributed by atoms with van der Waals surface area (Å²) in [7, 11) is 1.93. The molecule has 0 aromatic heterocycles. The Morgan fingerprint density at radius 2 is 2.26 bits per heavy atom. The molecule has 0 bridgehead atoms. The molecule has 0 saturated heterocycles. The lowest BCUT2D eigenvalue weighted by atomic mass is 10.1. The molecule has 0 aliphatic carbocycles. The number of rotatable bonds is 5. The molecule has 1 aliphatic rings. The van der Waals surface area contributed by atoms with Crippen LogP contribution in [0.2, 0.25) is 0 Å². The van der Waals surface area contributed by atoms with E-state index in [1.54, 1.807) is 0 Å². The van der Waals surface area contributed by atoms with E-state index in [1.165, 1.54) is 0 Å². The zero-order chi connectivity index (χ0) is 14.0. The Balaban J connectivity index is 2.04. The van der Waals surface area contributed by atoms with Crippen molar-refractivity contribution in [2.75, 3.05) is 23.8 Å². The van der Waals surface area contributed by atoms with Gasteiger partial charge >= 0.3 is 5.97 Å². The number of carboxylic acids is 1. The number of nitrogens with one attached hydrogen (secondary N) is 1. The quantitative estimate of drug-likeness (QED) is 0.848. The molecule has 2 N–H and O–H groups in total. The summed E-state index contributed by atoms with van der Waals surface area (Å²) in [6, 6.07) is 5.83. The highest BCUT2D eigenvalue weighted by atomic mass is 16.4. The van der Waals surface area contributed by atoms with Gasteiger partial charge in [0.15, 0.2) is 0 Å². The number of anilines is 2. The van der Waals surface area contributed by atoms with Crippen molar-refractivity contribution in [3.63, 3.8) is 0 Å². The van der Waals surface area contributed by atoms with Gasteiger partial charge in [0.2, 0.25) is 5.91 Å². The van der Waals surface area contributed by atoms with Crippen molar-refractivity contribution in [2.24, 2.45) is 5.92 Å². The van der Waals surface area contributed by atoms with Gasteiger partial charge in [0.05, 0.1) is 6.42 Å². The number of aliphatic carboxylic acids is 1. The Kier molecular flexibility index (Phi) is 3.74. The average molecular weight is 262 g/mol. The molecule has 1 amide bonds. The van der Waals surface area contributed by atoms with Crippen molar-refractivity contribution < 1.29 is 14.7 Å². The van der Waals surface area contributed by atoms with Crippen LogP contribution in [-0.4, -0.2) is 30.6 Å². The van der Waals surface area contributed by atoms with E-state index in [0.717, 1.165) is 16.9 Å². The Bertz CT molecular complexity index is 513. The normalized spacial score (nSPS) is 14.7. The first kappa shape index (κ1) is 13.4. The van der Waals surface area contributed by atoms with Gasteiger partial charge in [0.25, 0.3) is 0 Å². The molecule has 2 rings (SSSR count). The SMILES string of the molecule is CC(CC(=O)O)CN(C)c1ccc2c(c1)CC(=O)N2. The zero-order valence-corrected chi connectivity index (χ0v) is 11.1. The molecule has 1 unspecified atom stereocenters. The molecular weight excluding hydrogens is 244 g/mol. The van der Waals surface area contributed by atoms with E-state index in [9.17, 15) is 9.59 Å². The van der Waals surface area contributed by atoms with Crippen LogP contribution in [0.1, 0.15) is 18.9 Å². The van der Waals surface area contributed by atoms with Crippen LogP contribution < -0.4 is 10.2 Å². The summed E-state index contributed by atoms with van der Waals surface area (Å²) < 4.78 is 0. The fourth-order valence-electron chi connectivity index (χ4n) is 2.39. The van der Waals surface area contributed by atoms with Gasteiger partial charge in [-0.25, -0.2) is 0 Å². The molecule has 0 fully saturated rings. The van der Waals surface area contributed by atoms with E-state index in [-0.39, 0.29) is 18.2 Å². The minimum atomic E-state index is -0.773. The maximum absolute atomic E-state index is 11.3. The van der Waals surface area contributed by atoms with Gasteiger partial charge in [-0.2, -0.15) is 0 Å². The van der Waals surface area contributed by atoms with Crippen molar-refractivity contribution in [1.82, 2.24) is 0 Å². The summed E-state index contributed by atoms with van der Waals surface area (Å²) >= 11 is 0. The topological polar surface area (TPSA) is 69.6 Å². The molecule has 0 radical (unpaired) electrons. The Morgan fingerprint density at radius 3 is 2.95 bits per heavy atom. The van der Waals surface area contributed by atoms with Gasteiger partial charge in [-0.1, -0.05) is 6.92 Å². The Labute approximate surface area is 112 Å². The highest BCUT2D eigenvalue weighted by molar-refractivity contribution is 5.99. The summed E-state index contributed by atoms with van der Waals surface area (Å²) in [4.78, 5) is 24.0. The number of hydrogen-bond acceptors (Lipinski definition) is 3. The van der Waals surface area contributed by atoms with Crippen molar-refractivity contribution in [1.29, 1.82) is 0 Å².